The van der Waals surface area contributed by atoms with Gasteiger partial charge in [-0.05, 0) is 29.3 Å². The predicted octanol–water partition coefficient (Wildman–Crippen LogP) is 3.91. The van der Waals surface area contributed by atoms with Crippen LogP contribution in [0.5, 0.6) is 0 Å². The van der Waals surface area contributed by atoms with Gasteiger partial charge in [0.05, 0.1) is 24.3 Å². The molecule has 0 saturated carbocycles. The monoisotopic (exact) mass is 539 g/mol. The second kappa shape index (κ2) is 11.3. The third kappa shape index (κ3) is 5.58. The summed E-state index contributed by atoms with van der Waals surface area (Å²) in [6.07, 6.45) is 0. The van der Waals surface area contributed by atoms with Crippen LogP contribution in [0.1, 0.15) is 27.5 Å². The topological polar surface area (TPSA) is 70.2 Å². The van der Waals surface area contributed by atoms with Crippen LogP contribution in [0.4, 0.5) is 0 Å². The maximum atomic E-state index is 13.4. The molecular formula is C28H30ClN3O4S. The van der Waals surface area contributed by atoms with Gasteiger partial charge in [0.15, 0.2) is 0 Å². The second-order valence-corrected chi connectivity index (χ2v) is 11.5. The Morgan fingerprint density at radius 2 is 1.35 bits per heavy atom. The standard InChI is InChI=1S/C28H30ClN3O4S/c29-25-12-11-24(21-26(25)37(34,35)32-17-19-36-20-18-32)28(33)31-15-13-30(14-16-31)27(22-7-3-1-4-8-22)23-9-5-2-6-10-23/h1-12,21,27H,13-20H2. The Morgan fingerprint density at radius 1 is 0.784 bits per heavy atom. The lowest BCUT2D eigenvalue weighted by atomic mass is 9.96. The summed E-state index contributed by atoms with van der Waals surface area (Å²) in [7, 11) is -3.82. The van der Waals surface area contributed by atoms with E-state index >= 15 is 0 Å². The van der Waals surface area contributed by atoms with Crippen LogP contribution < -0.4 is 0 Å². The lowest BCUT2D eigenvalue weighted by Crippen LogP contribution is -2.49. The zero-order valence-electron chi connectivity index (χ0n) is 20.5. The maximum Gasteiger partial charge on any atom is 0.253 e. The first-order chi connectivity index (χ1) is 17.9. The van der Waals surface area contributed by atoms with E-state index < -0.39 is 10.0 Å². The lowest BCUT2D eigenvalue weighted by molar-refractivity contribution is 0.0597. The molecule has 1 amide bonds. The molecule has 0 atom stereocenters. The van der Waals surface area contributed by atoms with Gasteiger partial charge in [-0.3, -0.25) is 9.69 Å². The molecule has 2 aliphatic rings. The molecule has 0 bridgehead atoms. The molecule has 37 heavy (non-hydrogen) atoms. The molecule has 0 spiro atoms. The van der Waals surface area contributed by atoms with Crippen molar-refractivity contribution in [3.63, 3.8) is 0 Å². The molecule has 2 aliphatic heterocycles. The van der Waals surface area contributed by atoms with Crippen molar-refractivity contribution < 1.29 is 17.9 Å². The fourth-order valence-corrected chi connectivity index (χ4v) is 6.92. The Hall–Kier alpha value is -2.75. The fraction of sp³-hybridized carbons (Fsp3) is 0.321. The van der Waals surface area contributed by atoms with Crippen molar-refractivity contribution >= 4 is 27.5 Å². The number of carbonyl (C=O) groups excluding carboxylic acids is 1. The molecule has 0 aromatic heterocycles. The Balaban J connectivity index is 1.32. The summed E-state index contributed by atoms with van der Waals surface area (Å²) in [5.74, 6) is -0.189. The minimum absolute atomic E-state index is 0.0335. The minimum atomic E-state index is -3.82. The zero-order chi connectivity index (χ0) is 25.8. The Labute approximate surface area is 223 Å². The average Bonchev–Trinajstić information content (AvgIpc) is 2.95. The van der Waals surface area contributed by atoms with Crippen LogP contribution in [0.2, 0.25) is 5.02 Å². The number of halogens is 1. The molecule has 0 unspecified atom stereocenters. The van der Waals surface area contributed by atoms with E-state index in [1.54, 1.807) is 11.0 Å². The quantitative estimate of drug-likeness (QED) is 0.475. The highest BCUT2D eigenvalue weighted by Gasteiger charge is 2.31. The third-order valence-electron chi connectivity index (χ3n) is 6.96. The second-order valence-electron chi connectivity index (χ2n) is 9.21. The van der Waals surface area contributed by atoms with E-state index in [2.05, 4.69) is 29.2 Å². The molecule has 0 radical (unpaired) electrons. The number of hydrogen-bond donors (Lipinski definition) is 0. The van der Waals surface area contributed by atoms with Crippen molar-refractivity contribution in [2.45, 2.75) is 10.9 Å². The molecule has 3 aromatic carbocycles. The molecule has 9 heteroatoms. The van der Waals surface area contributed by atoms with Gasteiger partial charge < -0.3 is 9.64 Å². The SMILES string of the molecule is O=C(c1ccc(Cl)c(S(=O)(=O)N2CCOCC2)c1)N1CCN(C(c2ccccc2)c2ccccc2)CC1. The summed E-state index contributed by atoms with van der Waals surface area (Å²) in [4.78, 5) is 17.6. The van der Waals surface area contributed by atoms with Crippen molar-refractivity contribution in [3.8, 4) is 0 Å². The number of rotatable bonds is 6. The summed E-state index contributed by atoms with van der Waals surface area (Å²) in [5, 5.41) is 0.112. The average molecular weight is 540 g/mol. The zero-order valence-corrected chi connectivity index (χ0v) is 22.1. The maximum absolute atomic E-state index is 13.4. The largest absolute Gasteiger partial charge is 0.379 e. The van der Waals surface area contributed by atoms with E-state index in [0.29, 0.717) is 45.0 Å². The molecule has 0 N–H and O–H groups in total. The highest BCUT2D eigenvalue weighted by Crippen LogP contribution is 2.31. The number of nitrogens with zero attached hydrogens (tertiary/aromatic N) is 3. The minimum Gasteiger partial charge on any atom is -0.379 e. The van der Waals surface area contributed by atoms with Crippen LogP contribution in [0, 0.1) is 0 Å². The first-order valence-corrected chi connectivity index (χ1v) is 14.3. The molecule has 2 heterocycles. The van der Waals surface area contributed by atoms with Crippen molar-refractivity contribution in [1.82, 2.24) is 14.1 Å². The van der Waals surface area contributed by atoms with Gasteiger partial charge in [0.25, 0.3) is 5.91 Å². The van der Waals surface area contributed by atoms with Gasteiger partial charge in [0.2, 0.25) is 10.0 Å². The molecule has 5 rings (SSSR count). The van der Waals surface area contributed by atoms with E-state index in [9.17, 15) is 13.2 Å². The number of sulfonamides is 1. The Kier molecular flexibility index (Phi) is 7.92. The number of amides is 1. The Morgan fingerprint density at radius 3 is 1.92 bits per heavy atom. The summed E-state index contributed by atoms with van der Waals surface area (Å²) < 4.78 is 33.0. The smallest absolute Gasteiger partial charge is 0.253 e. The van der Waals surface area contributed by atoms with Crippen LogP contribution in [-0.4, -0.2) is 80.9 Å². The van der Waals surface area contributed by atoms with E-state index in [1.807, 2.05) is 36.4 Å². The summed E-state index contributed by atoms with van der Waals surface area (Å²) in [6.45, 7) is 3.71. The number of hydrogen-bond acceptors (Lipinski definition) is 5. The Bertz CT molecular complexity index is 1280. The van der Waals surface area contributed by atoms with Gasteiger partial charge in [-0.15, -0.1) is 0 Å². The molecule has 0 aliphatic carbocycles. The van der Waals surface area contributed by atoms with Crippen LogP contribution in [0.3, 0.4) is 0 Å². The summed E-state index contributed by atoms with van der Waals surface area (Å²) in [5.41, 5.74) is 2.75. The van der Waals surface area contributed by atoms with Crippen molar-refractivity contribution in [2.24, 2.45) is 0 Å². The summed E-state index contributed by atoms with van der Waals surface area (Å²) >= 11 is 6.29. The van der Waals surface area contributed by atoms with Crippen LogP contribution >= 0.6 is 11.6 Å². The number of carbonyl (C=O) groups is 1. The molecule has 2 fully saturated rings. The number of benzene rings is 3. The molecule has 194 valence electrons. The highest BCUT2D eigenvalue weighted by molar-refractivity contribution is 7.89. The number of piperazine rings is 1. The van der Waals surface area contributed by atoms with Crippen LogP contribution in [0.25, 0.3) is 0 Å². The predicted molar refractivity (Wildman–Crippen MR) is 143 cm³/mol. The van der Waals surface area contributed by atoms with Crippen molar-refractivity contribution in [1.29, 1.82) is 0 Å². The van der Waals surface area contributed by atoms with Gasteiger partial charge in [-0.2, -0.15) is 4.31 Å². The molecule has 7 nitrogen and oxygen atoms in total. The normalized spacial score (nSPS) is 17.7. The highest BCUT2D eigenvalue weighted by atomic mass is 35.5. The molecular weight excluding hydrogens is 510 g/mol. The third-order valence-corrected chi connectivity index (χ3v) is 9.34. The molecule has 3 aromatic rings. The van der Waals surface area contributed by atoms with E-state index in [0.717, 1.165) is 0 Å². The van der Waals surface area contributed by atoms with Gasteiger partial charge in [0, 0.05) is 44.8 Å². The fourth-order valence-electron chi connectivity index (χ4n) is 5.01. The first kappa shape index (κ1) is 25.9. The van der Waals surface area contributed by atoms with E-state index in [1.165, 1.54) is 27.6 Å². The van der Waals surface area contributed by atoms with Crippen molar-refractivity contribution in [2.75, 3.05) is 52.5 Å². The molecule has 2 saturated heterocycles. The lowest BCUT2D eigenvalue weighted by Gasteiger charge is -2.40. The van der Waals surface area contributed by atoms with Gasteiger partial charge in [-0.1, -0.05) is 72.3 Å². The van der Waals surface area contributed by atoms with Gasteiger partial charge in [0.1, 0.15) is 4.90 Å². The summed E-state index contributed by atoms with van der Waals surface area (Å²) in [6, 6.07) is 25.4. The van der Waals surface area contributed by atoms with Gasteiger partial charge in [-0.25, -0.2) is 8.42 Å². The first-order valence-electron chi connectivity index (χ1n) is 12.5. The van der Waals surface area contributed by atoms with Crippen LogP contribution in [0.15, 0.2) is 83.8 Å². The number of ether oxygens (including phenoxy) is 1. The van der Waals surface area contributed by atoms with Crippen molar-refractivity contribution in [3.05, 3.63) is 101 Å². The van der Waals surface area contributed by atoms with E-state index in [4.69, 9.17) is 16.3 Å². The van der Waals surface area contributed by atoms with Crippen LogP contribution in [-0.2, 0) is 14.8 Å². The van der Waals surface area contributed by atoms with E-state index in [-0.39, 0.29) is 35.0 Å². The number of morpholine rings is 1. The van der Waals surface area contributed by atoms with Gasteiger partial charge >= 0.3 is 0 Å².